The summed E-state index contributed by atoms with van der Waals surface area (Å²) in [6, 6.07) is 3.26. The summed E-state index contributed by atoms with van der Waals surface area (Å²) in [5.41, 5.74) is 0.445. The molecule has 1 aliphatic rings. The molecule has 8 nitrogen and oxygen atoms in total. The van der Waals surface area contributed by atoms with E-state index in [4.69, 9.17) is 18.9 Å². The standard InChI is InChI=1S/C19H28N2O6/c1-13(2)12-27-19(23)21-8-6-20(7-9-21)18(22)14-10-15(24-3)17(26-5)16(11-14)25-4/h10-11,13H,6-9,12H2,1-5H3. The molecule has 0 saturated carbocycles. The van der Waals surface area contributed by atoms with Crippen LogP contribution >= 0.6 is 0 Å². The van der Waals surface area contributed by atoms with Crippen molar-refractivity contribution >= 4 is 12.0 Å². The normalized spacial score (nSPS) is 14.1. The highest BCUT2D eigenvalue weighted by Crippen LogP contribution is 2.38. The van der Waals surface area contributed by atoms with E-state index in [2.05, 4.69) is 0 Å². The molecule has 1 aromatic carbocycles. The maximum Gasteiger partial charge on any atom is 0.409 e. The molecule has 1 saturated heterocycles. The van der Waals surface area contributed by atoms with Crippen LogP contribution in [0, 0.1) is 5.92 Å². The van der Waals surface area contributed by atoms with Crippen molar-refractivity contribution < 1.29 is 28.5 Å². The molecule has 8 heteroatoms. The number of hydrogen-bond donors (Lipinski definition) is 0. The molecule has 0 bridgehead atoms. The molecule has 150 valence electrons. The first kappa shape index (κ1) is 20.7. The van der Waals surface area contributed by atoms with Crippen LogP contribution in [-0.4, -0.2) is 75.9 Å². The lowest BCUT2D eigenvalue weighted by Gasteiger charge is -2.34. The van der Waals surface area contributed by atoms with Crippen molar-refractivity contribution in [3.8, 4) is 17.2 Å². The van der Waals surface area contributed by atoms with Gasteiger partial charge in [0.1, 0.15) is 0 Å². The van der Waals surface area contributed by atoms with E-state index in [0.29, 0.717) is 55.6 Å². The molecule has 27 heavy (non-hydrogen) atoms. The summed E-state index contributed by atoms with van der Waals surface area (Å²) in [5, 5.41) is 0. The Kier molecular flexibility index (Phi) is 7.15. The molecule has 2 amide bonds. The number of methoxy groups -OCH3 is 3. The molecule has 0 spiro atoms. The van der Waals surface area contributed by atoms with E-state index in [1.165, 1.54) is 21.3 Å². The summed E-state index contributed by atoms with van der Waals surface area (Å²) >= 11 is 0. The summed E-state index contributed by atoms with van der Waals surface area (Å²) in [7, 11) is 4.53. The Bertz CT molecular complexity index is 643. The molecule has 0 aromatic heterocycles. The minimum absolute atomic E-state index is 0.149. The average Bonchev–Trinajstić information content (AvgIpc) is 2.70. The fourth-order valence-corrected chi connectivity index (χ4v) is 2.81. The van der Waals surface area contributed by atoms with Gasteiger partial charge in [-0.2, -0.15) is 0 Å². The Morgan fingerprint density at radius 1 is 0.926 bits per heavy atom. The van der Waals surface area contributed by atoms with Gasteiger partial charge in [-0.3, -0.25) is 4.79 Å². The van der Waals surface area contributed by atoms with E-state index >= 15 is 0 Å². The second kappa shape index (κ2) is 9.34. The Morgan fingerprint density at radius 3 is 1.89 bits per heavy atom. The number of nitrogens with zero attached hydrogens (tertiary/aromatic N) is 2. The lowest BCUT2D eigenvalue weighted by molar-refractivity contribution is 0.0535. The number of piperazine rings is 1. The number of carbonyl (C=O) groups is 2. The summed E-state index contributed by atoms with van der Waals surface area (Å²) < 4.78 is 21.1. The third-order valence-electron chi connectivity index (χ3n) is 4.28. The minimum atomic E-state index is -0.330. The lowest BCUT2D eigenvalue weighted by Crippen LogP contribution is -2.50. The van der Waals surface area contributed by atoms with Crippen molar-refractivity contribution in [2.45, 2.75) is 13.8 Å². The number of hydrogen-bond acceptors (Lipinski definition) is 6. The van der Waals surface area contributed by atoms with Gasteiger partial charge in [-0.25, -0.2) is 4.79 Å². The van der Waals surface area contributed by atoms with Crippen LogP contribution in [0.5, 0.6) is 17.2 Å². The molecule has 0 unspecified atom stereocenters. The zero-order valence-corrected chi connectivity index (χ0v) is 16.6. The molecule has 0 N–H and O–H groups in total. The first-order chi connectivity index (χ1) is 12.9. The van der Waals surface area contributed by atoms with Gasteiger partial charge >= 0.3 is 6.09 Å². The summed E-state index contributed by atoms with van der Waals surface area (Å²) in [5.74, 6) is 1.43. The number of ether oxygens (including phenoxy) is 4. The Labute approximate surface area is 159 Å². The van der Waals surface area contributed by atoms with Gasteiger partial charge < -0.3 is 28.7 Å². The number of amides is 2. The van der Waals surface area contributed by atoms with E-state index in [9.17, 15) is 9.59 Å². The van der Waals surface area contributed by atoms with Crippen molar-refractivity contribution in [1.82, 2.24) is 9.80 Å². The molecule has 1 aliphatic heterocycles. The van der Waals surface area contributed by atoms with Crippen molar-refractivity contribution in [1.29, 1.82) is 0 Å². The van der Waals surface area contributed by atoms with Gasteiger partial charge in [0.25, 0.3) is 5.91 Å². The maximum absolute atomic E-state index is 12.9. The molecule has 0 radical (unpaired) electrons. The van der Waals surface area contributed by atoms with Crippen molar-refractivity contribution in [3.63, 3.8) is 0 Å². The minimum Gasteiger partial charge on any atom is -0.493 e. The first-order valence-corrected chi connectivity index (χ1v) is 8.92. The molecule has 1 fully saturated rings. The summed E-state index contributed by atoms with van der Waals surface area (Å²) in [6.45, 7) is 6.12. The zero-order valence-electron chi connectivity index (χ0n) is 16.6. The molecule has 1 aromatic rings. The van der Waals surface area contributed by atoms with Gasteiger partial charge in [-0.05, 0) is 18.1 Å². The highest BCUT2D eigenvalue weighted by Gasteiger charge is 2.27. The van der Waals surface area contributed by atoms with Crippen LogP contribution in [0.4, 0.5) is 4.79 Å². The first-order valence-electron chi connectivity index (χ1n) is 8.92. The maximum atomic E-state index is 12.9. The van der Waals surface area contributed by atoms with Crippen LogP contribution in [0.3, 0.4) is 0 Å². The Hall–Kier alpha value is -2.64. The molecular weight excluding hydrogens is 352 g/mol. The SMILES string of the molecule is COc1cc(C(=O)N2CCN(C(=O)OCC(C)C)CC2)cc(OC)c1OC. The van der Waals surface area contributed by atoms with Crippen LogP contribution < -0.4 is 14.2 Å². The molecular formula is C19H28N2O6. The van der Waals surface area contributed by atoms with Crippen molar-refractivity contribution in [2.24, 2.45) is 5.92 Å². The molecule has 1 heterocycles. The molecule has 2 rings (SSSR count). The summed E-state index contributed by atoms with van der Waals surface area (Å²) in [6.07, 6.45) is -0.330. The second-order valence-electron chi connectivity index (χ2n) is 6.66. The number of carbonyl (C=O) groups excluding carboxylic acids is 2. The van der Waals surface area contributed by atoms with Crippen LogP contribution in [0.1, 0.15) is 24.2 Å². The highest BCUT2D eigenvalue weighted by molar-refractivity contribution is 5.95. The monoisotopic (exact) mass is 380 g/mol. The van der Waals surface area contributed by atoms with Crippen LogP contribution in [0.15, 0.2) is 12.1 Å². The van der Waals surface area contributed by atoms with E-state index < -0.39 is 0 Å². The predicted octanol–water partition coefficient (Wildman–Crippen LogP) is 2.26. The van der Waals surface area contributed by atoms with Crippen LogP contribution in [0.2, 0.25) is 0 Å². The van der Waals surface area contributed by atoms with Gasteiger partial charge in [0.05, 0.1) is 27.9 Å². The van der Waals surface area contributed by atoms with E-state index in [1.54, 1.807) is 21.9 Å². The average molecular weight is 380 g/mol. The quantitative estimate of drug-likeness (QED) is 0.753. The van der Waals surface area contributed by atoms with Gasteiger partial charge in [-0.1, -0.05) is 13.8 Å². The third-order valence-corrected chi connectivity index (χ3v) is 4.28. The van der Waals surface area contributed by atoms with Crippen molar-refractivity contribution in [2.75, 3.05) is 54.1 Å². The van der Waals surface area contributed by atoms with Crippen LogP contribution in [0.25, 0.3) is 0 Å². The second-order valence-corrected chi connectivity index (χ2v) is 6.66. The number of benzene rings is 1. The predicted molar refractivity (Wildman–Crippen MR) is 99.8 cm³/mol. The molecule has 0 aliphatic carbocycles. The molecule has 0 atom stereocenters. The van der Waals surface area contributed by atoms with Gasteiger partial charge in [-0.15, -0.1) is 0 Å². The zero-order chi connectivity index (χ0) is 20.0. The van der Waals surface area contributed by atoms with Crippen molar-refractivity contribution in [3.05, 3.63) is 17.7 Å². The lowest BCUT2D eigenvalue weighted by atomic mass is 10.1. The highest BCUT2D eigenvalue weighted by atomic mass is 16.6. The van der Waals surface area contributed by atoms with E-state index in [0.717, 1.165) is 0 Å². The Morgan fingerprint density at radius 2 is 1.44 bits per heavy atom. The fourth-order valence-electron chi connectivity index (χ4n) is 2.81. The van der Waals surface area contributed by atoms with Gasteiger partial charge in [0.2, 0.25) is 5.75 Å². The third kappa shape index (κ3) is 4.96. The Balaban J connectivity index is 2.04. The van der Waals surface area contributed by atoms with Gasteiger partial charge in [0, 0.05) is 31.7 Å². The van der Waals surface area contributed by atoms with Crippen LogP contribution in [-0.2, 0) is 4.74 Å². The summed E-state index contributed by atoms with van der Waals surface area (Å²) in [4.78, 5) is 28.2. The van der Waals surface area contributed by atoms with Gasteiger partial charge in [0.15, 0.2) is 11.5 Å². The van der Waals surface area contributed by atoms with E-state index in [1.807, 2.05) is 13.8 Å². The fraction of sp³-hybridized carbons (Fsp3) is 0.579. The largest absolute Gasteiger partial charge is 0.493 e. The van der Waals surface area contributed by atoms with E-state index in [-0.39, 0.29) is 17.9 Å². The number of rotatable bonds is 6. The smallest absolute Gasteiger partial charge is 0.409 e. The topological polar surface area (TPSA) is 77.5 Å².